The van der Waals surface area contributed by atoms with Crippen molar-refractivity contribution in [2.75, 3.05) is 6.79 Å². The lowest BCUT2D eigenvalue weighted by Gasteiger charge is -2.32. The van der Waals surface area contributed by atoms with Gasteiger partial charge in [0.2, 0.25) is 12.7 Å². The van der Waals surface area contributed by atoms with Crippen molar-refractivity contribution in [3.8, 4) is 17.2 Å². The molecule has 1 saturated carbocycles. The average molecular weight is 459 g/mol. The summed E-state index contributed by atoms with van der Waals surface area (Å²) < 4.78 is 12.8. The van der Waals surface area contributed by atoms with Gasteiger partial charge in [0.1, 0.15) is 0 Å². The number of benzene rings is 2. The number of rotatable bonds is 4. The van der Waals surface area contributed by atoms with E-state index < -0.39 is 6.04 Å². The fourth-order valence-corrected chi connectivity index (χ4v) is 5.21. The van der Waals surface area contributed by atoms with Gasteiger partial charge in [-0.3, -0.25) is 14.2 Å². The molecule has 1 unspecified atom stereocenters. The van der Waals surface area contributed by atoms with Crippen LogP contribution >= 0.6 is 0 Å². The molecule has 0 saturated heterocycles. The lowest BCUT2D eigenvalue weighted by Crippen LogP contribution is -2.46. The van der Waals surface area contributed by atoms with Gasteiger partial charge in [-0.05, 0) is 42.7 Å². The molecule has 2 aliphatic heterocycles. The molecule has 0 spiro atoms. The summed E-state index contributed by atoms with van der Waals surface area (Å²) in [6, 6.07) is 12.4. The maximum atomic E-state index is 13.9. The molecule has 3 heterocycles. The summed E-state index contributed by atoms with van der Waals surface area (Å²) >= 11 is 0. The van der Waals surface area contributed by atoms with Crippen LogP contribution in [0.1, 0.15) is 59.8 Å². The number of hydrogen-bond donors (Lipinski definition) is 1. The highest BCUT2D eigenvalue weighted by Crippen LogP contribution is 2.36. The first-order valence-electron chi connectivity index (χ1n) is 11.8. The Labute approximate surface area is 197 Å². The Morgan fingerprint density at radius 2 is 1.88 bits per heavy atom. The van der Waals surface area contributed by atoms with E-state index in [0.717, 1.165) is 36.9 Å². The number of carbonyl (C=O) groups is 2. The van der Waals surface area contributed by atoms with Crippen LogP contribution in [0.3, 0.4) is 0 Å². The Morgan fingerprint density at radius 1 is 1.06 bits per heavy atom. The predicted molar refractivity (Wildman–Crippen MR) is 124 cm³/mol. The molecule has 6 rings (SSSR count). The first-order chi connectivity index (χ1) is 16.7. The molecule has 0 bridgehead atoms. The van der Waals surface area contributed by atoms with Crippen molar-refractivity contribution in [3.63, 3.8) is 0 Å². The van der Waals surface area contributed by atoms with Gasteiger partial charge in [-0.25, -0.2) is 4.98 Å². The van der Waals surface area contributed by atoms with E-state index in [0.29, 0.717) is 22.8 Å². The highest BCUT2D eigenvalue weighted by atomic mass is 16.7. The van der Waals surface area contributed by atoms with Crippen molar-refractivity contribution in [2.45, 2.75) is 50.7 Å². The molecule has 34 heavy (non-hydrogen) atoms. The summed E-state index contributed by atoms with van der Waals surface area (Å²) in [5.41, 5.74) is 2.80. The molecule has 1 aliphatic carbocycles. The number of imidazole rings is 1. The molecule has 174 valence electrons. The molecule has 2 aromatic carbocycles. The number of carbonyl (C=O) groups excluding carboxylic acids is 2. The van der Waals surface area contributed by atoms with Crippen LogP contribution < -0.4 is 14.8 Å². The number of nitrogens with one attached hydrogen (secondary N) is 1. The van der Waals surface area contributed by atoms with Gasteiger partial charge in [0.15, 0.2) is 17.5 Å². The van der Waals surface area contributed by atoms with Gasteiger partial charge in [-0.2, -0.15) is 0 Å². The van der Waals surface area contributed by atoms with Gasteiger partial charge in [0.25, 0.3) is 5.91 Å². The Balaban J connectivity index is 1.41. The number of ether oxygens (including phenoxy) is 2. The molecule has 1 atom stereocenters. The van der Waals surface area contributed by atoms with Gasteiger partial charge in [0.05, 0.1) is 29.5 Å². The maximum absolute atomic E-state index is 13.9. The normalized spacial score (nSPS) is 19.4. The number of fused-ring (bicyclic) bond motifs is 4. The molecule has 1 N–H and O–H groups in total. The zero-order valence-corrected chi connectivity index (χ0v) is 18.8. The van der Waals surface area contributed by atoms with Gasteiger partial charge in [-0.15, -0.1) is 0 Å². The Hall–Kier alpha value is -3.81. The fraction of sp³-hybridized carbons (Fsp3) is 0.346. The molecular formula is C26H26N4O4. The lowest BCUT2D eigenvalue weighted by atomic mass is 9.95. The summed E-state index contributed by atoms with van der Waals surface area (Å²) in [6.07, 6.45) is 8.71. The molecule has 1 aromatic heterocycles. The van der Waals surface area contributed by atoms with Crippen molar-refractivity contribution in [2.24, 2.45) is 0 Å². The molecule has 3 aliphatic rings. The summed E-state index contributed by atoms with van der Waals surface area (Å²) in [7, 11) is 0. The van der Waals surface area contributed by atoms with Crippen molar-refractivity contribution < 1.29 is 19.1 Å². The van der Waals surface area contributed by atoms with Crippen LogP contribution in [-0.4, -0.2) is 39.1 Å². The molecular weight excluding hydrogens is 432 g/mol. The van der Waals surface area contributed by atoms with E-state index in [1.165, 1.54) is 6.42 Å². The van der Waals surface area contributed by atoms with E-state index in [2.05, 4.69) is 10.3 Å². The first kappa shape index (κ1) is 20.8. The summed E-state index contributed by atoms with van der Waals surface area (Å²) in [6.45, 7) is 0.429. The van der Waals surface area contributed by atoms with Crippen molar-refractivity contribution in [1.29, 1.82) is 0 Å². The minimum Gasteiger partial charge on any atom is -0.454 e. The van der Waals surface area contributed by atoms with Gasteiger partial charge in [0, 0.05) is 12.6 Å². The summed E-state index contributed by atoms with van der Waals surface area (Å²) in [4.78, 5) is 33.7. The highest BCUT2D eigenvalue weighted by Gasteiger charge is 2.39. The van der Waals surface area contributed by atoms with Gasteiger partial charge < -0.3 is 19.7 Å². The lowest BCUT2D eigenvalue weighted by molar-refractivity contribution is -0.127. The highest BCUT2D eigenvalue weighted by molar-refractivity contribution is 6.01. The SMILES string of the molecule is O=C(NC1CCCCC1)C1c2cncn2-c2ccccc2C(=O)N1Cc1ccc2c(c1)OCO2. The third-order valence-electron chi connectivity index (χ3n) is 6.90. The van der Waals surface area contributed by atoms with Crippen molar-refractivity contribution in [3.05, 3.63) is 71.8 Å². The molecule has 0 radical (unpaired) electrons. The Morgan fingerprint density at radius 3 is 2.76 bits per heavy atom. The van der Waals surface area contributed by atoms with Crippen molar-refractivity contribution in [1.82, 2.24) is 19.8 Å². The van der Waals surface area contributed by atoms with Gasteiger partial charge in [-0.1, -0.05) is 37.5 Å². The minimum absolute atomic E-state index is 0.130. The second-order valence-corrected chi connectivity index (χ2v) is 9.07. The Kier molecular flexibility index (Phi) is 5.20. The zero-order valence-electron chi connectivity index (χ0n) is 18.8. The van der Waals surface area contributed by atoms with E-state index in [1.54, 1.807) is 23.5 Å². The van der Waals surface area contributed by atoms with Crippen LogP contribution in [0.15, 0.2) is 55.0 Å². The second-order valence-electron chi connectivity index (χ2n) is 9.07. The summed E-state index contributed by atoms with van der Waals surface area (Å²) in [5.74, 6) is 0.964. The number of amides is 2. The van der Waals surface area contributed by atoms with E-state index in [1.807, 2.05) is 41.0 Å². The standard InChI is InChI=1S/C26H26N4O4/c31-25(28-18-6-2-1-3-7-18)24-21-13-27-15-30(21)20-9-5-4-8-19(20)26(32)29(24)14-17-10-11-22-23(12-17)34-16-33-22/h4-5,8-13,15,18,24H,1-3,6-7,14,16H2,(H,28,31). The molecule has 2 amide bonds. The first-order valence-corrected chi connectivity index (χ1v) is 11.8. The number of para-hydroxylation sites is 1. The molecule has 1 fully saturated rings. The number of aromatic nitrogens is 2. The Bertz CT molecular complexity index is 1250. The largest absolute Gasteiger partial charge is 0.454 e. The van der Waals surface area contributed by atoms with Crippen LogP contribution in [-0.2, 0) is 11.3 Å². The second kappa shape index (κ2) is 8.52. The van der Waals surface area contributed by atoms with Crippen molar-refractivity contribution >= 4 is 11.8 Å². The van der Waals surface area contributed by atoms with E-state index in [4.69, 9.17) is 9.47 Å². The van der Waals surface area contributed by atoms with Crippen LogP contribution in [0.5, 0.6) is 11.5 Å². The smallest absolute Gasteiger partial charge is 0.257 e. The van der Waals surface area contributed by atoms with E-state index in [-0.39, 0.29) is 31.2 Å². The van der Waals surface area contributed by atoms with Crippen LogP contribution in [0.4, 0.5) is 0 Å². The van der Waals surface area contributed by atoms with E-state index >= 15 is 0 Å². The minimum atomic E-state index is -0.810. The quantitative estimate of drug-likeness (QED) is 0.644. The average Bonchev–Trinajstić information content (AvgIpc) is 3.51. The predicted octanol–water partition coefficient (Wildman–Crippen LogP) is 3.75. The third-order valence-corrected chi connectivity index (χ3v) is 6.90. The maximum Gasteiger partial charge on any atom is 0.257 e. The van der Waals surface area contributed by atoms with Crippen LogP contribution in [0, 0.1) is 0 Å². The van der Waals surface area contributed by atoms with Gasteiger partial charge >= 0.3 is 0 Å². The topological polar surface area (TPSA) is 85.7 Å². The summed E-state index contributed by atoms with van der Waals surface area (Å²) in [5, 5.41) is 3.23. The molecule has 3 aromatic rings. The van der Waals surface area contributed by atoms with Crippen LogP contribution in [0.2, 0.25) is 0 Å². The monoisotopic (exact) mass is 458 g/mol. The fourth-order valence-electron chi connectivity index (χ4n) is 5.21. The third kappa shape index (κ3) is 3.59. The van der Waals surface area contributed by atoms with Crippen LogP contribution in [0.25, 0.3) is 5.69 Å². The molecule has 8 heteroatoms. The van der Waals surface area contributed by atoms with E-state index in [9.17, 15) is 9.59 Å². The number of hydrogen-bond acceptors (Lipinski definition) is 5. The number of nitrogens with zero attached hydrogens (tertiary/aromatic N) is 3. The molecule has 8 nitrogen and oxygen atoms in total. The zero-order chi connectivity index (χ0) is 23.1.